The van der Waals surface area contributed by atoms with Crippen LogP contribution in [0.4, 0.5) is 0 Å². The van der Waals surface area contributed by atoms with Gasteiger partial charge in [0, 0.05) is 46.1 Å². The number of benzene rings is 2. The van der Waals surface area contributed by atoms with Gasteiger partial charge in [0.1, 0.15) is 0 Å². The average molecular weight is 483 g/mol. The Morgan fingerprint density at radius 3 is 1.25 bits per heavy atom. The van der Waals surface area contributed by atoms with Crippen LogP contribution in [0, 0.1) is 11.8 Å². The fraction of sp³-hybridized carbons (Fsp3) is 0.400. The number of hydrogen-bond acceptors (Lipinski definition) is 4. The summed E-state index contributed by atoms with van der Waals surface area (Å²) in [6.45, 7) is 0.719. The second-order valence-electron chi connectivity index (χ2n) is 10.4. The minimum absolute atomic E-state index is 0.345. The molecule has 0 saturated heterocycles. The first-order valence-corrected chi connectivity index (χ1v) is 13.2. The van der Waals surface area contributed by atoms with Gasteiger partial charge < -0.3 is 0 Å². The number of carbonyl (C=O) groups excluding carboxylic acids is 4. The van der Waals surface area contributed by atoms with Gasteiger partial charge in [-0.3, -0.25) is 29.0 Å². The maximum absolute atomic E-state index is 13.4. The molecule has 6 rings (SSSR count). The largest absolute Gasteiger partial charge is 0.274 e. The fourth-order valence-corrected chi connectivity index (χ4v) is 6.22. The number of carbonyl (C=O) groups is 4. The maximum atomic E-state index is 13.4. The van der Waals surface area contributed by atoms with E-state index in [0.29, 0.717) is 58.0 Å². The quantitative estimate of drug-likeness (QED) is 0.401. The first kappa shape index (κ1) is 22.9. The van der Waals surface area contributed by atoms with Crippen molar-refractivity contribution in [3.63, 3.8) is 0 Å². The van der Waals surface area contributed by atoms with Crippen molar-refractivity contribution in [2.45, 2.75) is 51.4 Å². The van der Waals surface area contributed by atoms with Crippen molar-refractivity contribution in [3.8, 4) is 0 Å². The molecule has 4 amide bonds. The summed E-state index contributed by atoms with van der Waals surface area (Å²) in [6, 6.07) is 6.62. The third kappa shape index (κ3) is 3.71. The van der Waals surface area contributed by atoms with Gasteiger partial charge in [-0.1, -0.05) is 24.3 Å². The molecule has 0 fully saturated rings. The molecule has 0 bridgehead atoms. The molecule has 0 N–H and O–H groups in total. The van der Waals surface area contributed by atoms with Crippen LogP contribution >= 0.6 is 0 Å². The topological polar surface area (TPSA) is 74.8 Å². The highest BCUT2D eigenvalue weighted by Crippen LogP contribution is 2.38. The highest BCUT2D eigenvalue weighted by Gasteiger charge is 2.39. The van der Waals surface area contributed by atoms with Gasteiger partial charge in [-0.05, 0) is 87.5 Å². The normalized spacial score (nSPS) is 23.2. The zero-order valence-electron chi connectivity index (χ0n) is 20.4. The molecule has 4 aliphatic rings. The molecule has 0 saturated carbocycles. The standard InChI is InChI=1S/C30H30N2O4/c33-27-21-11-13-23-26-24(30(36)32(29(23)35)18-16-20-9-5-2-6-10-20)14-12-22(25(21)26)28(34)31(27)17-15-19-7-3-1-4-8-19/h3,5,7,9,11-14,19-20H,1-2,4,6,8,10,15-18H2/t19-,20-/m0/s1. The van der Waals surface area contributed by atoms with E-state index >= 15 is 0 Å². The first-order valence-electron chi connectivity index (χ1n) is 13.2. The molecule has 0 radical (unpaired) electrons. The van der Waals surface area contributed by atoms with Crippen LogP contribution in [0.1, 0.15) is 92.8 Å². The Kier molecular flexibility index (Phi) is 5.82. The molecule has 184 valence electrons. The van der Waals surface area contributed by atoms with Crippen molar-refractivity contribution < 1.29 is 19.2 Å². The summed E-state index contributed by atoms with van der Waals surface area (Å²) in [7, 11) is 0. The van der Waals surface area contributed by atoms with Crippen LogP contribution in [0.15, 0.2) is 48.6 Å². The van der Waals surface area contributed by atoms with Gasteiger partial charge in [0.25, 0.3) is 23.6 Å². The van der Waals surface area contributed by atoms with Crippen LogP contribution in [0.3, 0.4) is 0 Å². The molecule has 2 aliphatic heterocycles. The van der Waals surface area contributed by atoms with Gasteiger partial charge in [-0.15, -0.1) is 0 Å². The number of allylic oxidation sites excluding steroid dienone is 4. The molecule has 0 aromatic heterocycles. The zero-order valence-corrected chi connectivity index (χ0v) is 20.4. The predicted molar refractivity (Wildman–Crippen MR) is 137 cm³/mol. The average Bonchev–Trinajstić information content (AvgIpc) is 2.91. The summed E-state index contributed by atoms with van der Waals surface area (Å²) < 4.78 is 0. The van der Waals surface area contributed by atoms with Crippen LogP contribution in [0.25, 0.3) is 10.8 Å². The Morgan fingerprint density at radius 2 is 0.944 bits per heavy atom. The molecule has 6 nitrogen and oxygen atoms in total. The second-order valence-corrected chi connectivity index (χ2v) is 10.4. The molecule has 6 heteroatoms. The molecule has 2 heterocycles. The lowest BCUT2D eigenvalue weighted by Gasteiger charge is -2.32. The van der Waals surface area contributed by atoms with E-state index in [9.17, 15) is 19.2 Å². The van der Waals surface area contributed by atoms with E-state index < -0.39 is 0 Å². The molecule has 36 heavy (non-hydrogen) atoms. The van der Waals surface area contributed by atoms with Gasteiger partial charge in [-0.2, -0.15) is 0 Å². The van der Waals surface area contributed by atoms with Crippen LogP contribution in [-0.2, 0) is 0 Å². The van der Waals surface area contributed by atoms with Crippen LogP contribution < -0.4 is 0 Å². The number of hydrogen-bond donors (Lipinski definition) is 0. The summed E-state index contributed by atoms with van der Waals surface area (Å²) in [6.07, 6.45) is 16.8. The SMILES string of the molecule is O=C1c2ccc3c4c(ccc(c24)C(=O)N1CC[C@H]1C=CCCC1)C(=O)N(CC[C@H]1C=CCCC1)C3=O. The molecule has 0 spiro atoms. The van der Waals surface area contributed by atoms with Crippen LogP contribution in [0.2, 0.25) is 0 Å². The van der Waals surface area contributed by atoms with E-state index in [-0.39, 0.29) is 23.6 Å². The smallest absolute Gasteiger partial charge is 0.261 e. The molecule has 0 unspecified atom stereocenters. The van der Waals surface area contributed by atoms with Crippen molar-refractivity contribution in [2.75, 3.05) is 13.1 Å². The van der Waals surface area contributed by atoms with Gasteiger partial charge in [-0.25, -0.2) is 0 Å². The summed E-state index contributed by atoms with van der Waals surface area (Å²) >= 11 is 0. The predicted octanol–water partition coefficient (Wildman–Crippen LogP) is 5.52. The molecular weight excluding hydrogens is 452 g/mol. The molecule has 2 aromatic rings. The third-order valence-electron chi connectivity index (χ3n) is 8.22. The number of nitrogens with zero attached hydrogens (tertiary/aromatic N) is 2. The Balaban J connectivity index is 1.31. The number of rotatable bonds is 6. The molecule has 2 aliphatic carbocycles. The van der Waals surface area contributed by atoms with Crippen LogP contribution in [0.5, 0.6) is 0 Å². The lowest BCUT2D eigenvalue weighted by atomic mass is 9.85. The first-order chi connectivity index (χ1) is 17.5. The second kappa shape index (κ2) is 9.16. The summed E-state index contributed by atoms with van der Waals surface area (Å²) in [5.74, 6) is -0.627. The van der Waals surface area contributed by atoms with Crippen LogP contribution in [-0.4, -0.2) is 46.5 Å². The number of imide groups is 2. The van der Waals surface area contributed by atoms with E-state index in [1.807, 2.05) is 0 Å². The maximum Gasteiger partial charge on any atom is 0.261 e. The van der Waals surface area contributed by atoms with Crippen molar-refractivity contribution >= 4 is 34.4 Å². The van der Waals surface area contributed by atoms with E-state index in [0.717, 1.165) is 51.4 Å². The van der Waals surface area contributed by atoms with E-state index in [1.165, 1.54) is 9.80 Å². The van der Waals surface area contributed by atoms with Crippen molar-refractivity contribution in [2.24, 2.45) is 11.8 Å². The zero-order chi connectivity index (χ0) is 24.8. The Labute approximate surface area is 210 Å². The molecule has 2 atom stereocenters. The Bertz CT molecular complexity index is 1180. The summed E-state index contributed by atoms with van der Waals surface area (Å²) in [4.78, 5) is 56.3. The van der Waals surface area contributed by atoms with Gasteiger partial charge in [0.2, 0.25) is 0 Å². The minimum Gasteiger partial charge on any atom is -0.274 e. The van der Waals surface area contributed by atoms with E-state index in [4.69, 9.17) is 0 Å². The van der Waals surface area contributed by atoms with Gasteiger partial charge >= 0.3 is 0 Å². The monoisotopic (exact) mass is 482 g/mol. The van der Waals surface area contributed by atoms with Crippen molar-refractivity contribution in [3.05, 3.63) is 70.8 Å². The molecule has 2 aromatic carbocycles. The molecular formula is C30H30N2O4. The highest BCUT2D eigenvalue weighted by molar-refractivity contribution is 6.33. The van der Waals surface area contributed by atoms with E-state index in [1.54, 1.807) is 24.3 Å². The van der Waals surface area contributed by atoms with Gasteiger partial charge in [0.05, 0.1) is 0 Å². The minimum atomic E-state index is -0.345. The lowest BCUT2D eigenvalue weighted by Crippen LogP contribution is -2.44. The Hall–Kier alpha value is -3.54. The van der Waals surface area contributed by atoms with E-state index in [2.05, 4.69) is 24.3 Å². The third-order valence-corrected chi connectivity index (χ3v) is 8.22. The Morgan fingerprint density at radius 1 is 0.583 bits per heavy atom. The summed E-state index contributed by atoms with van der Waals surface area (Å²) in [5, 5.41) is 0.899. The van der Waals surface area contributed by atoms with Gasteiger partial charge in [0.15, 0.2) is 0 Å². The van der Waals surface area contributed by atoms with Crippen molar-refractivity contribution in [1.29, 1.82) is 0 Å². The number of amides is 4. The lowest BCUT2D eigenvalue weighted by molar-refractivity contribution is 0.0582. The summed E-state index contributed by atoms with van der Waals surface area (Å²) in [5.41, 5.74) is 1.58. The highest BCUT2D eigenvalue weighted by atomic mass is 16.2. The van der Waals surface area contributed by atoms with Crippen molar-refractivity contribution in [1.82, 2.24) is 9.80 Å². The fourth-order valence-electron chi connectivity index (χ4n) is 6.22.